The summed E-state index contributed by atoms with van der Waals surface area (Å²) in [6.07, 6.45) is 3.22. The van der Waals surface area contributed by atoms with E-state index in [4.69, 9.17) is 9.47 Å². The van der Waals surface area contributed by atoms with E-state index in [2.05, 4.69) is 5.32 Å². The third-order valence-electron chi connectivity index (χ3n) is 6.52. The zero-order valence-corrected chi connectivity index (χ0v) is 19.7. The molecule has 2 aliphatic rings. The van der Waals surface area contributed by atoms with E-state index in [0.717, 1.165) is 25.9 Å². The first-order valence-corrected chi connectivity index (χ1v) is 11.7. The van der Waals surface area contributed by atoms with Crippen LogP contribution in [0.4, 0.5) is 5.69 Å². The molecular formula is C26H31N3O5. The van der Waals surface area contributed by atoms with Gasteiger partial charge in [0.1, 0.15) is 11.5 Å². The van der Waals surface area contributed by atoms with Gasteiger partial charge in [0.25, 0.3) is 11.8 Å². The number of piperidine rings is 1. The highest BCUT2D eigenvalue weighted by molar-refractivity contribution is 5.98. The van der Waals surface area contributed by atoms with Crippen LogP contribution in [0.5, 0.6) is 11.5 Å². The number of carbonyl (C=O) groups excluding carboxylic acids is 3. The van der Waals surface area contributed by atoms with Crippen molar-refractivity contribution in [2.24, 2.45) is 5.92 Å². The number of hydrogen-bond donors (Lipinski definition) is 1. The van der Waals surface area contributed by atoms with Gasteiger partial charge in [-0.3, -0.25) is 14.4 Å². The number of hydrogen-bond acceptors (Lipinski definition) is 5. The lowest BCUT2D eigenvalue weighted by atomic mass is 9.95. The maximum atomic E-state index is 13.0. The van der Waals surface area contributed by atoms with Crippen LogP contribution in [0, 0.1) is 5.92 Å². The van der Waals surface area contributed by atoms with Crippen LogP contribution in [0.25, 0.3) is 0 Å². The van der Waals surface area contributed by atoms with Crippen molar-refractivity contribution in [1.82, 2.24) is 9.80 Å². The molecule has 2 aromatic carbocycles. The van der Waals surface area contributed by atoms with Gasteiger partial charge < -0.3 is 24.6 Å². The van der Waals surface area contributed by atoms with E-state index in [0.29, 0.717) is 54.2 Å². The van der Waals surface area contributed by atoms with Crippen molar-refractivity contribution >= 4 is 23.4 Å². The molecule has 34 heavy (non-hydrogen) atoms. The minimum absolute atomic E-state index is 0.00888. The van der Waals surface area contributed by atoms with Gasteiger partial charge in [-0.15, -0.1) is 0 Å². The Labute approximate surface area is 199 Å². The molecule has 1 N–H and O–H groups in total. The molecule has 0 aliphatic carbocycles. The molecule has 0 saturated carbocycles. The summed E-state index contributed by atoms with van der Waals surface area (Å²) in [5.41, 5.74) is 1.71. The molecule has 2 saturated heterocycles. The van der Waals surface area contributed by atoms with Crippen molar-refractivity contribution in [3.05, 3.63) is 53.6 Å². The molecule has 8 nitrogen and oxygen atoms in total. The molecule has 2 aromatic rings. The van der Waals surface area contributed by atoms with Gasteiger partial charge >= 0.3 is 0 Å². The Kier molecular flexibility index (Phi) is 7.35. The molecule has 2 fully saturated rings. The topological polar surface area (TPSA) is 88.2 Å². The Morgan fingerprint density at radius 2 is 1.38 bits per heavy atom. The van der Waals surface area contributed by atoms with E-state index in [1.54, 1.807) is 61.6 Å². The highest BCUT2D eigenvalue weighted by atomic mass is 16.5. The Morgan fingerprint density at radius 3 is 2.00 bits per heavy atom. The lowest BCUT2D eigenvalue weighted by molar-refractivity contribution is -0.121. The molecule has 2 heterocycles. The van der Waals surface area contributed by atoms with Crippen molar-refractivity contribution < 1.29 is 23.9 Å². The molecule has 0 unspecified atom stereocenters. The zero-order valence-electron chi connectivity index (χ0n) is 19.7. The first-order valence-electron chi connectivity index (χ1n) is 11.7. The summed E-state index contributed by atoms with van der Waals surface area (Å²) in [6, 6.07) is 12.2. The van der Waals surface area contributed by atoms with Crippen LogP contribution in [-0.4, -0.2) is 67.9 Å². The van der Waals surface area contributed by atoms with Crippen molar-refractivity contribution in [3.63, 3.8) is 0 Å². The van der Waals surface area contributed by atoms with Crippen molar-refractivity contribution in [2.75, 3.05) is 45.7 Å². The highest BCUT2D eigenvalue weighted by Gasteiger charge is 2.28. The van der Waals surface area contributed by atoms with E-state index >= 15 is 0 Å². The number of benzene rings is 2. The van der Waals surface area contributed by atoms with Crippen LogP contribution < -0.4 is 14.8 Å². The average Bonchev–Trinajstić information content (AvgIpc) is 3.42. The summed E-state index contributed by atoms with van der Waals surface area (Å²) in [6.45, 7) is 2.55. The summed E-state index contributed by atoms with van der Waals surface area (Å²) >= 11 is 0. The zero-order chi connectivity index (χ0) is 24.1. The Bertz CT molecular complexity index is 1030. The minimum Gasteiger partial charge on any atom is -0.497 e. The van der Waals surface area contributed by atoms with E-state index in [-0.39, 0.29) is 23.6 Å². The highest BCUT2D eigenvalue weighted by Crippen LogP contribution is 2.26. The minimum atomic E-state index is -0.193. The van der Waals surface area contributed by atoms with Crippen molar-refractivity contribution in [1.29, 1.82) is 0 Å². The van der Waals surface area contributed by atoms with E-state index < -0.39 is 0 Å². The average molecular weight is 466 g/mol. The number of methoxy groups -OCH3 is 2. The molecule has 3 amide bonds. The fraction of sp³-hybridized carbons (Fsp3) is 0.423. The Hall–Kier alpha value is -3.55. The van der Waals surface area contributed by atoms with Crippen molar-refractivity contribution in [3.8, 4) is 11.5 Å². The molecule has 0 aromatic heterocycles. The number of amides is 3. The summed E-state index contributed by atoms with van der Waals surface area (Å²) in [4.78, 5) is 42.1. The first kappa shape index (κ1) is 23.6. The predicted molar refractivity (Wildman–Crippen MR) is 128 cm³/mol. The van der Waals surface area contributed by atoms with Crippen molar-refractivity contribution in [2.45, 2.75) is 25.7 Å². The maximum Gasteiger partial charge on any atom is 0.254 e. The number of anilines is 1. The normalized spacial score (nSPS) is 16.3. The second-order valence-electron chi connectivity index (χ2n) is 8.74. The Morgan fingerprint density at radius 1 is 0.794 bits per heavy atom. The summed E-state index contributed by atoms with van der Waals surface area (Å²) in [5, 5.41) is 2.96. The molecular weight excluding hydrogens is 434 g/mol. The summed E-state index contributed by atoms with van der Waals surface area (Å²) < 4.78 is 10.5. The number of nitrogens with one attached hydrogen (secondary N) is 1. The van der Waals surface area contributed by atoms with Crippen LogP contribution in [-0.2, 0) is 4.79 Å². The smallest absolute Gasteiger partial charge is 0.254 e. The number of carbonyl (C=O) groups is 3. The van der Waals surface area contributed by atoms with Gasteiger partial charge in [-0.05, 0) is 56.0 Å². The van der Waals surface area contributed by atoms with Crippen LogP contribution in [0.3, 0.4) is 0 Å². The predicted octanol–water partition coefficient (Wildman–Crippen LogP) is 3.43. The van der Waals surface area contributed by atoms with Crippen LogP contribution >= 0.6 is 0 Å². The standard InChI is InChI=1S/C26H31N3O5/c1-33-22-15-20(16-23(17-22)34-2)26(32)29-12-8-18(9-13-29)24(30)27-21-7-5-6-19(14-21)25(31)28-10-3-4-11-28/h5-7,14-18H,3-4,8-13H2,1-2H3,(H,27,30). The van der Waals surface area contributed by atoms with Gasteiger partial charge in [0.15, 0.2) is 0 Å². The molecule has 8 heteroatoms. The maximum absolute atomic E-state index is 13.0. The second-order valence-corrected chi connectivity index (χ2v) is 8.74. The molecule has 180 valence electrons. The molecule has 0 bridgehead atoms. The quantitative estimate of drug-likeness (QED) is 0.706. The lowest BCUT2D eigenvalue weighted by Gasteiger charge is -2.31. The largest absolute Gasteiger partial charge is 0.497 e. The van der Waals surface area contributed by atoms with Gasteiger partial charge in [-0.25, -0.2) is 0 Å². The Balaban J connectivity index is 1.34. The first-order chi connectivity index (χ1) is 16.5. The summed E-state index contributed by atoms with van der Waals surface area (Å²) in [7, 11) is 3.09. The van der Waals surface area contributed by atoms with Gasteiger partial charge in [0.05, 0.1) is 14.2 Å². The number of likely N-dealkylation sites (tertiary alicyclic amines) is 2. The molecule has 2 aliphatic heterocycles. The lowest BCUT2D eigenvalue weighted by Crippen LogP contribution is -2.41. The molecule has 0 atom stereocenters. The van der Waals surface area contributed by atoms with Gasteiger partial charge in [-0.1, -0.05) is 6.07 Å². The van der Waals surface area contributed by atoms with E-state index in [1.165, 1.54) is 0 Å². The second kappa shape index (κ2) is 10.6. The van der Waals surface area contributed by atoms with Gasteiger partial charge in [-0.2, -0.15) is 0 Å². The molecule has 4 rings (SSSR count). The monoisotopic (exact) mass is 465 g/mol. The summed E-state index contributed by atoms with van der Waals surface area (Å²) in [5.74, 6) is 0.742. The fourth-order valence-corrected chi connectivity index (χ4v) is 4.54. The van der Waals surface area contributed by atoms with Gasteiger partial charge in [0, 0.05) is 55.0 Å². The fourth-order valence-electron chi connectivity index (χ4n) is 4.54. The third kappa shape index (κ3) is 5.32. The van der Waals surface area contributed by atoms with Gasteiger partial charge in [0.2, 0.25) is 5.91 Å². The number of ether oxygens (including phenoxy) is 2. The van der Waals surface area contributed by atoms with Crippen LogP contribution in [0.15, 0.2) is 42.5 Å². The van der Waals surface area contributed by atoms with Crippen LogP contribution in [0.2, 0.25) is 0 Å². The molecule has 0 spiro atoms. The SMILES string of the molecule is COc1cc(OC)cc(C(=O)N2CCC(C(=O)Nc3cccc(C(=O)N4CCCC4)c3)CC2)c1. The van der Waals surface area contributed by atoms with E-state index in [1.807, 2.05) is 4.90 Å². The number of nitrogens with zero attached hydrogens (tertiary/aromatic N) is 2. The van der Waals surface area contributed by atoms with E-state index in [9.17, 15) is 14.4 Å². The third-order valence-corrected chi connectivity index (χ3v) is 6.52. The van der Waals surface area contributed by atoms with Crippen LogP contribution in [0.1, 0.15) is 46.4 Å². The number of rotatable bonds is 6. The molecule has 0 radical (unpaired) electrons.